The third-order valence-corrected chi connectivity index (χ3v) is 9.56. The van der Waals surface area contributed by atoms with Crippen molar-refractivity contribution in [2.45, 2.75) is 84.7 Å². The molecular weight excluding hydrogens is 296 g/mol. The molecule has 0 heterocycles. The van der Waals surface area contributed by atoms with E-state index in [4.69, 9.17) is 5.84 Å². The van der Waals surface area contributed by atoms with Gasteiger partial charge in [-0.3, -0.25) is 0 Å². The van der Waals surface area contributed by atoms with Crippen molar-refractivity contribution in [2.75, 3.05) is 0 Å². The maximum absolute atomic E-state index is 11.0. The van der Waals surface area contributed by atoms with E-state index in [0.29, 0.717) is 11.3 Å². The first-order valence-electron chi connectivity index (χ1n) is 10.2. The van der Waals surface area contributed by atoms with E-state index >= 15 is 0 Å². The van der Waals surface area contributed by atoms with Crippen molar-refractivity contribution < 1.29 is 5.11 Å². The van der Waals surface area contributed by atoms with Gasteiger partial charge in [0.15, 0.2) is 0 Å². The molecule has 0 aromatic heterocycles. The average Bonchev–Trinajstić information content (AvgIpc) is 2.76. The summed E-state index contributed by atoms with van der Waals surface area (Å²) < 4.78 is 0. The fourth-order valence-corrected chi connectivity index (χ4v) is 7.84. The molecule has 0 unspecified atom stereocenters. The summed E-state index contributed by atoms with van der Waals surface area (Å²) >= 11 is 0. The molecule has 4 rings (SSSR count). The maximum atomic E-state index is 11.0. The zero-order valence-corrected chi connectivity index (χ0v) is 16.0. The van der Waals surface area contributed by atoms with Crippen LogP contribution >= 0.6 is 0 Å². The quantitative estimate of drug-likeness (QED) is 0.512. The summed E-state index contributed by atoms with van der Waals surface area (Å²) in [6, 6.07) is 0. The standard InChI is InChI=1S/C21H36N2O/c1-13-12-19(2)14(11-18(13)23-22)5-6-15-16(19)7-9-20(3)17(15)8-10-21(20,4)24/h13-17,24H,5-12,22H2,1-4H3/b23-18+/t13-,14+,15-,16+,17+,19+,20+,21+/m1/s1. The number of hydrazone groups is 1. The van der Waals surface area contributed by atoms with Gasteiger partial charge in [-0.05, 0) is 98.7 Å². The molecule has 0 spiro atoms. The van der Waals surface area contributed by atoms with E-state index in [1.54, 1.807) is 0 Å². The molecule has 8 atom stereocenters. The fourth-order valence-electron chi connectivity index (χ4n) is 7.84. The summed E-state index contributed by atoms with van der Waals surface area (Å²) in [4.78, 5) is 0. The summed E-state index contributed by atoms with van der Waals surface area (Å²) in [6.45, 7) is 9.39. The summed E-state index contributed by atoms with van der Waals surface area (Å²) in [6.07, 6.45) is 9.81. The van der Waals surface area contributed by atoms with Crippen molar-refractivity contribution in [3.63, 3.8) is 0 Å². The molecule has 4 fully saturated rings. The zero-order valence-electron chi connectivity index (χ0n) is 16.0. The minimum absolute atomic E-state index is 0.140. The predicted octanol–water partition coefficient (Wildman–Crippen LogP) is 4.34. The van der Waals surface area contributed by atoms with Gasteiger partial charge in [0, 0.05) is 5.71 Å². The zero-order chi connectivity index (χ0) is 17.3. The first-order chi connectivity index (χ1) is 11.2. The second kappa shape index (κ2) is 5.22. The number of nitrogens with two attached hydrogens (primary N) is 1. The lowest BCUT2D eigenvalue weighted by Crippen LogP contribution is -2.56. The summed E-state index contributed by atoms with van der Waals surface area (Å²) in [7, 11) is 0. The SMILES string of the molecule is C[C@@H]1C[C@@]2(C)[C@@H](CC[C@@H]3[C@@H]2CC[C@@]2(C)[C@H]3CC[C@]2(C)O)C/C1=N\N. The number of hydrogen-bond donors (Lipinski definition) is 2. The van der Waals surface area contributed by atoms with Crippen molar-refractivity contribution in [3.8, 4) is 0 Å². The van der Waals surface area contributed by atoms with E-state index in [0.717, 1.165) is 36.5 Å². The third-order valence-electron chi connectivity index (χ3n) is 9.56. The van der Waals surface area contributed by atoms with Crippen molar-refractivity contribution in [1.29, 1.82) is 0 Å². The summed E-state index contributed by atoms with van der Waals surface area (Å²) in [5, 5.41) is 15.1. The number of rotatable bonds is 0. The summed E-state index contributed by atoms with van der Waals surface area (Å²) in [5.41, 5.74) is 1.38. The van der Waals surface area contributed by atoms with Gasteiger partial charge < -0.3 is 10.9 Å². The second-order valence-corrected chi connectivity index (χ2v) is 10.4. The number of fused-ring (bicyclic) bond motifs is 5. The third kappa shape index (κ3) is 2.03. The Balaban J connectivity index is 1.64. The lowest BCUT2D eigenvalue weighted by Gasteiger charge is -2.61. The van der Waals surface area contributed by atoms with Gasteiger partial charge in [-0.1, -0.05) is 20.8 Å². The Kier molecular flexibility index (Phi) is 3.67. The molecule has 24 heavy (non-hydrogen) atoms. The number of aliphatic hydroxyl groups is 1. The molecule has 4 saturated carbocycles. The van der Waals surface area contributed by atoms with E-state index in [-0.39, 0.29) is 5.41 Å². The molecule has 0 aliphatic heterocycles. The monoisotopic (exact) mass is 332 g/mol. The topological polar surface area (TPSA) is 58.6 Å². The van der Waals surface area contributed by atoms with Gasteiger partial charge in [-0.25, -0.2) is 0 Å². The highest BCUT2D eigenvalue weighted by atomic mass is 16.3. The molecule has 0 radical (unpaired) electrons. The molecule has 0 aromatic carbocycles. The minimum Gasteiger partial charge on any atom is -0.390 e. The normalized spacial score (nSPS) is 58.9. The average molecular weight is 333 g/mol. The Labute approximate surface area is 147 Å². The summed E-state index contributed by atoms with van der Waals surface area (Å²) in [5.74, 6) is 9.36. The first-order valence-corrected chi connectivity index (χ1v) is 10.2. The van der Waals surface area contributed by atoms with Crippen LogP contribution in [0.15, 0.2) is 5.10 Å². The predicted molar refractivity (Wildman–Crippen MR) is 98.5 cm³/mol. The van der Waals surface area contributed by atoms with E-state index in [1.165, 1.54) is 44.2 Å². The molecule has 0 aromatic rings. The van der Waals surface area contributed by atoms with Crippen LogP contribution in [-0.2, 0) is 0 Å². The van der Waals surface area contributed by atoms with Crippen LogP contribution in [0.5, 0.6) is 0 Å². The van der Waals surface area contributed by atoms with Gasteiger partial charge in [0.25, 0.3) is 0 Å². The molecule has 4 aliphatic rings. The highest BCUT2D eigenvalue weighted by Crippen LogP contribution is 2.68. The van der Waals surface area contributed by atoms with Gasteiger partial charge in [-0.15, -0.1) is 0 Å². The van der Waals surface area contributed by atoms with Crippen molar-refractivity contribution in [1.82, 2.24) is 0 Å². The molecule has 0 amide bonds. The maximum Gasteiger partial charge on any atom is 0.0675 e. The molecule has 0 bridgehead atoms. The number of hydrogen-bond acceptors (Lipinski definition) is 3. The van der Waals surface area contributed by atoms with Gasteiger partial charge >= 0.3 is 0 Å². The van der Waals surface area contributed by atoms with Crippen LogP contribution in [-0.4, -0.2) is 16.4 Å². The minimum atomic E-state index is -0.459. The van der Waals surface area contributed by atoms with Gasteiger partial charge in [0.05, 0.1) is 5.60 Å². The van der Waals surface area contributed by atoms with Crippen molar-refractivity contribution in [2.24, 2.45) is 51.4 Å². The van der Waals surface area contributed by atoms with Crippen molar-refractivity contribution in [3.05, 3.63) is 0 Å². The second-order valence-electron chi connectivity index (χ2n) is 10.4. The van der Waals surface area contributed by atoms with Crippen LogP contribution in [0.4, 0.5) is 0 Å². The van der Waals surface area contributed by atoms with Crippen LogP contribution in [0.2, 0.25) is 0 Å². The Morgan fingerprint density at radius 3 is 2.46 bits per heavy atom. The lowest BCUT2D eigenvalue weighted by atomic mass is 9.44. The van der Waals surface area contributed by atoms with Gasteiger partial charge in [-0.2, -0.15) is 5.10 Å². The smallest absolute Gasteiger partial charge is 0.0675 e. The van der Waals surface area contributed by atoms with E-state index in [1.807, 2.05) is 0 Å². The van der Waals surface area contributed by atoms with E-state index < -0.39 is 5.60 Å². The van der Waals surface area contributed by atoms with E-state index in [9.17, 15) is 5.11 Å². The molecule has 3 N–H and O–H groups in total. The Bertz CT molecular complexity index is 556. The van der Waals surface area contributed by atoms with Crippen molar-refractivity contribution >= 4 is 5.71 Å². The first kappa shape index (κ1) is 16.9. The van der Waals surface area contributed by atoms with Crippen LogP contribution in [0, 0.1) is 40.4 Å². The molecule has 4 aliphatic carbocycles. The van der Waals surface area contributed by atoms with Crippen LogP contribution in [0.25, 0.3) is 0 Å². The highest BCUT2D eigenvalue weighted by Gasteiger charge is 2.63. The largest absolute Gasteiger partial charge is 0.390 e. The van der Waals surface area contributed by atoms with Crippen LogP contribution < -0.4 is 5.84 Å². The van der Waals surface area contributed by atoms with Crippen LogP contribution in [0.1, 0.15) is 79.1 Å². The van der Waals surface area contributed by atoms with Gasteiger partial charge in [0.1, 0.15) is 0 Å². The fraction of sp³-hybridized carbons (Fsp3) is 0.952. The Hall–Kier alpha value is -0.570. The lowest BCUT2D eigenvalue weighted by molar-refractivity contribution is -0.142. The van der Waals surface area contributed by atoms with E-state index in [2.05, 4.69) is 32.8 Å². The van der Waals surface area contributed by atoms with Crippen LogP contribution in [0.3, 0.4) is 0 Å². The van der Waals surface area contributed by atoms with Gasteiger partial charge in [0.2, 0.25) is 0 Å². The molecular formula is C21H36N2O. The Morgan fingerprint density at radius 2 is 1.75 bits per heavy atom. The Morgan fingerprint density at radius 1 is 1.04 bits per heavy atom. The molecule has 0 saturated heterocycles. The molecule has 136 valence electrons. The molecule has 3 nitrogen and oxygen atoms in total. The number of nitrogens with zero attached hydrogens (tertiary/aromatic N) is 1. The highest BCUT2D eigenvalue weighted by molar-refractivity contribution is 5.87. The molecule has 3 heteroatoms.